The smallest absolute Gasteiger partial charge is 0.257 e. The van der Waals surface area contributed by atoms with Gasteiger partial charge in [-0.05, 0) is 37.1 Å². The number of amides is 1. The van der Waals surface area contributed by atoms with Crippen molar-refractivity contribution in [3.8, 4) is 5.75 Å². The Labute approximate surface area is 160 Å². The molecule has 0 N–H and O–H groups in total. The maximum absolute atomic E-state index is 13.1. The average Bonchev–Trinajstić information content (AvgIpc) is 3.26. The molecular weight excluding hydrogens is 340 g/mol. The molecular formula is C22H26N2O3. The summed E-state index contributed by atoms with van der Waals surface area (Å²) in [4.78, 5) is 17.3. The monoisotopic (exact) mass is 366 g/mol. The van der Waals surface area contributed by atoms with E-state index in [2.05, 4.69) is 29.2 Å². The first-order chi connectivity index (χ1) is 13.3. The van der Waals surface area contributed by atoms with Gasteiger partial charge in [0.25, 0.3) is 5.91 Å². The van der Waals surface area contributed by atoms with Gasteiger partial charge in [-0.3, -0.25) is 4.79 Å². The summed E-state index contributed by atoms with van der Waals surface area (Å²) in [6.45, 7) is 4.43. The van der Waals surface area contributed by atoms with Gasteiger partial charge in [-0.15, -0.1) is 0 Å². The van der Waals surface area contributed by atoms with E-state index in [4.69, 9.17) is 9.47 Å². The lowest BCUT2D eigenvalue weighted by Gasteiger charge is -2.36. The van der Waals surface area contributed by atoms with E-state index in [1.165, 1.54) is 5.69 Å². The van der Waals surface area contributed by atoms with Crippen molar-refractivity contribution < 1.29 is 14.3 Å². The Bertz CT molecular complexity index is 751. The Morgan fingerprint density at radius 1 is 1.00 bits per heavy atom. The number of benzene rings is 2. The second kappa shape index (κ2) is 8.44. The summed E-state index contributed by atoms with van der Waals surface area (Å²) >= 11 is 0. The first kappa shape index (κ1) is 17.9. The van der Waals surface area contributed by atoms with Crippen molar-refractivity contribution >= 4 is 11.6 Å². The largest absolute Gasteiger partial charge is 0.490 e. The van der Waals surface area contributed by atoms with Gasteiger partial charge in [0.05, 0.1) is 11.7 Å². The Morgan fingerprint density at radius 2 is 1.74 bits per heavy atom. The number of carbonyl (C=O) groups is 1. The van der Waals surface area contributed by atoms with Gasteiger partial charge in [0.1, 0.15) is 12.4 Å². The van der Waals surface area contributed by atoms with Crippen LogP contribution in [0.15, 0.2) is 54.6 Å². The van der Waals surface area contributed by atoms with Gasteiger partial charge in [0, 0.05) is 38.5 Å². The van der Waals surface area contributed by atoms with Gasteiger partial charge in [0.15, 0.2) is 0 Å². The molecule has 27 heavy (non-hydrogen) atoms. The van der Waals surface area contributed by atoms with Crippen molar-refractivity contribution in [2.45, 2.75) is 18.9 Å². The van der Waals surface area contributed by atoms with Crippen LogP contribution in [0.4, 0.5) is 5.69 Å². The molecule has 2 aromatic carbocycles. The van der Waals surface area contributed by atoms with Crippen LogP contribution < -0.4 is 9.64 Å². The number of anilines is 1. The molecule has 5 nitrogen and oxygen atoms in total. The fourth-order valence-electron chi connectivity index (χ4n) is 3.70. The highest BCUT2D eigenvalue weighted by Crippen LogP contribution is 2.23. The third-order valence-corrected chi connectivity index (χ3v) is 5.25. The molecule has 1 unspecified atom stereocenters. The maximum atomic E-state index is 13.1. The molecule has 1 amide bonds. The second-order valence-corrected chi connectivity index (χ2v) is 7.06. The summed E-state index contributed by atoms with van der Waals surface area (Å²) in [7, 11) is 0. The normalized spacial score (nSPS) is 19.9. The fourth-order valence-corrected chi connectivity index (χ4v) is 3.70. The molecule has 0 radical (unpaired) electrons. The average molecular weight is 366 g/mol. The second-order valence-electron chi connectivity index (χ2n) is 7.06. The third-order valence-electron chi connectivity index (χ3n) is 5.25. The van der Waals surface area contributed by atoms with Crippen molar-refractivity contribution in [2.24, 2.45) is 0 Å². The van der Waals surface area contributed by atoms with Crippen LogP contribution >= 0.6 is 0 Å². The molecule has 4 rings (SSSR count). The minimum Gasteiger partial charge on any atom is -0.490 e. The van der Waals surface area contributed by atoms with Crippen LogP contribution in [-0.4, -0.2) is 56.3 Å². The SMILES string of the molecule is O=C(c1ccccc1OCC1CCCO1)N1CCN(c2ccccc2)CC1. The van der Waals surface area contributed by atoms with Crippen molar-refractivity contribution in [3.05, 3.63) is 60.2 Å². The molecule has 5 heteroatoms. The number of ether oxygens (including phenoxy) is 2. The number of para-hydroxylation sites is 2. The van der Waals surface area contributed by atoms with E-state index in [0.29, 0.717) is 31.0 Å². The summed E-state index contributed by atoms with van der Waals surface area (Å²) in [6.07, 6.45) is 2.25. The molecule has 2 heterocycles. The Kier molecular flexibility index (Phi) is 5.58. The number of nitrogens with zero attached hydrogens (tertiary/aromatic N) is 2. The first-order valence-corrected chi connectivity index (χ1v) is 9.74. The molecule has 0 spiro atoms. The molecule has 2 fully saturated rings. The lowest BCUT2D eigenvalue weighted by molar-refractivity contribution is 0.0648. The summed E-state index contributed by atoms with van der Waals surface area (Å²) in [5.41, 5.74) is 1.86. The summed E-state index contributed by atoms with van der Waals surface area (Å²) < 4.78 is 11.6. The summed E-state index contributed by atoms with van der Waals surface area (Å²) in [6, 6.07) is 17.9. The van der Waals surface area contributed by atoms with Gasteiger partial charge >= 0.3 is 0 Å². The van der Waals surface area contributed by atoms with Gasteiger partial charge in [-0.25, -0.2) is 0 Å². The molecule has 0 aliphatic carbocycles. The standard InChI is InChI=1S/C22H26N2O3/c25-22(24-14-12-23(13-15-24)18-7-2-1-3-8-18)20-10-4-5-11-21(20)27-17-19-9-6-16-26-19/h1-5,7-8,10-11,19H,6,9,12-17H2. The summed E-state index contributed by atoms with van der Waals surface area (Å²) in [5, 5.41) is 0. The van der Waals surface area contributed by atoms with Gasteiger partial charge < -0.3 is 19.3 Å². The minimum absolute atomic E-state index is 0.0469. The highest BCUT2D eigenvalue weighted by Gasteiger charge is 2.25. The van der Waals surface area contributed by atoms with Gasteiger partial charge in [-0.2, -0.15) is 0 Å². The molecule has 2 aromatic rings. The minimum atomic E-state index is 0.0469. The predicted octanol–water partition coefficient (Wildman–Crippen LogP) is 3.21. The Hall–Kier alpha value is -2.53. The number of carbonyl (C=O) groups excluding carboxylic acids is 1. The molecule has 2 aliphatic rings. The number of hydrogen-bond acceptors (Lipinski definition) is 4. The summed E-state index contributed by atoms with van der Waals surface area (Å²) in [5.74, 6) is 0.703. The zero-order valence-corrected chi connectivity index (χ0v) is 15.5. The molecule has 0 saturated carbocycles. The number of rotatable bonds is 5. The van der Waals surface area contributed by atoms with Gasteiger partial charge in [-0.1, -0.05) is 30.3 Å². The van der Waals surface area contributed by atoms with Crippen LogP contribution in [0.25, 0.3) is 0 Å². The van der Waals surface area contributed by atoms with E-state index in [-0.39, 0.29) is 12.0 Å². The highest BCUT2D eigenvalue weighted by molar-refractivity contribution is 5.97. The zero-order valence-electron chi connectivity index (χ0n) is 15.5. The van der Waals surface area contributed by atoms with E-state index < -0.39 is 0 Å². The van der Waals surface area contributed by atoms with Crippen LogP contribution in [0.1, 0.15) is 23.2 Å². The quantitative estimate of drug-likeness (QED) is 0.815. The third kappa shape index (κ3) is 4.25. The van der Waals surface area contributed by atoms with Gasteiger partial charge in [0.2, 0.25) is 0 Å². The van der Waals surface area contributed by atoms with E-state index >= 15 is 0 Å². The molecule has 2 saturated heterocycles. The maximum Gasteiger partial charge on any atom is 0.257 e. The van der Waals surface area contributed by atoms with Crippen LogP contribution in [-0.2, 0) is 4.74 Å². The van der Waals surface area contributed by atoms with Crippen LogP contribution in [0.3, 0.4) is 0 Å². The molecule has 0 bridgehead atoms. The van der Waals surface area contributed by atoms with Crippen molar-refractivity contribution in [1.82, 2.24) is 4.90 Å². The Balaban J connectivity index is 1.38. The van der Waals surface area contributed by atoms with E-state index in [1.54, 1.807) is 0 Å². The first-order valence-electron chi connectivity index (χ1n) is 9.74. The molecule has 1 atom stereocenters. The van der Waals surface area contributed by atoms with E-state index in [9.17, 15) is 4.79 Å². The van der Waals surface area contributed by atoms with E-state index in [0.717, 1.165) is 32.5 Å². The fraction of sp³-hybridized carbons (Fsp3) is 0.409. The van der Waals surface area contributed by atoms with E-state index in [1.807, 2.05) is 35.2 Å². The molecule has 0 aromatic heterocycles. The topological polar surface area (TPSA) is 42.0 Å². The van der Waals surface area contributed by atoms with Crippen molar-refractivity contribution in [1.29, 1.82) is 0 Å². The van der Waals surface area contributed by atoms with Crippen molar-refractivity contribution in [2.75, 3.05) is 44.3 Å². The Morgan fingerprint density at radius 3 is 2.48 bits per heavy atom. The van der Waals surface area contributed by atoms with Crippen LogP contribution in [0, 0.1) is 0 Å². The molecule has 142 valence electrons. The molecule has 2 aliphatic heterocycles. The lowest BCUT2D eigenvalue weighted by Crippen LogP contribution is -2.48. The zero-order chi connectivity index (χ0) is 18.5. The van der Waals surface area contributed by atoms with Crippen LogP contribution in [0.5, 0.6) is 5.75 Å². The van der Waals surface area contributed by atoms with Crippen molar-refractivity contribution in [3.63, 3.8) is 0 Å². The number of piperazine rings is 1. The highest BCUT2D eigenvalue weighted by atomic mass is 16.5. The van der Waals surface area contributed by atoms with Crippen LogP contribution in [0.2, 0.25) is 0 Å². The number of hydrogen-bond donors (Lipinski definition) is 0. The predicted molar refractivity (Wildman–Crippen MR) is 105 cm³/mol. The lowest BCUT2D eigenvalue weighted by atomic mass is 10.1.